The number of benzene rings is 1. The molecule has 0 radical (unpaired) electrons. The van der Waals surface area contributed by atoms with E-state index in [1.165, 1.54) is 0 Å². The van der Waals surface area contributed by atoms with Crippen LogP contribution < -0.4 is 10.6 Å². The first-order valence-electron chi connectivity index (χ1n) is 6.47. The van der Waals surface area contributed by atoms with Gasteiger partial charge in [-0.15, -0.1) is 0 Å². The Bertz CT molecular complexity index is 614. The largest absolute Gasteiger partial charge is 0.348 e. The van der Waals surface area contributed by atoms with E-state index in [0.717, 1.165) is 11.1 Å². The second-order valence-electron chi connectivity index (χ2n) is 4.41. The van der Waals surface area contributed by atoms with E-state index in [-0.39, 0.29) is 6.54 Å². The van der Waals surface area contributed by atoms with E-state index in [2.05, 4.69) is 10.6 Å². The van der Waals surface area contributed by atoms with E-state index >= 15 is 0 Å². The molecule has 1 aromatic heterocycles. The van der Waals surface area contributed by atoms with Crippen molar-refractivity contribution in [3.63, 3.8) is 0 Å². The standard InChI is InChI=1S/C15H15ClN2O2S/c16-13-4-2-1-3-12(13)9-18-15(20)14(19)17-7-5-11-6-8-21-10-11/h1-4,6,8,10H,5,7,9H2,(H,17,19)(H,18,20). The quantitative estimate of drug-likeness (QED) is 0.830. The minimum absolute atomic E-state index is 0.233. The predicted octanol–water partition coefficient (Wildman–Crippen LogP) is 2.38. The van der Waals surface area contributed by atoms with Crippen LogP contribution in [-0.2, 0) is 22.6 Å². The lowest BCUT2D eigenvalue weighted by Crippen LogP contribution is -2.40. The highest BCUT2D eigenvalue weighted by Crippen LogP contribution is 2.14. The highest BCUT2D eigenvalue weighted by Gasteiger charge is 2.12. The van der Waals surface area contributed by atoms with Crippen molar-refractivity contribution < 1.29 is 9.59 Å². The summed E-state index contributed by atoms with van der Waals surface area (Å²) in [6.07, 6.45) is 0.715. The van der Waals surface area contributed by atoms with Gasteiger partial charge >= 0.3 is 11.8 Å². The van der Waals surface area contributed by atoms with E-state index in [1.54, 1.807) is 23.5 Å². The minimum Gasteiger partial charge on any atom is -0.348 e. The maximum atomic E-state index is 11.7. The molecule has 0 aliphatic carbocycles. The van der Waals surface area contributed by atoms with Crippen molar-refractivity contribution in [3.8, 4) is 0 Å². The van der Waals surface area contributed by atoms with Crippen LogP contribution in [0.5, 0.6) is 0 Å². The Morgan fingerprint density at radius 1 is 1.10 bits per heavy atom. The van der Waals surface area contributed by atoms with E-state index < -0.39 is 11.8 Å². The predicted molar refractivity (Wildman–Crippen MR) is 84.3 cm³/mol. The average molecular weight is 323 g/mol. The number of halogens is 1. The summed E-state index contributed by atoms with van der Waals surface area (Å²) in [6.45, 7) is 0.672. The topological polar surface area (TPSA) is 58.2 Å². The molecule has 0 aliphatic heterocycles. The third-order valence-corrected chi connectivity index (χ3v) is 3.98. The van der Waals surface area contributed by atoms with Gasteiger partial charge in [-0.3, -0.25) is 9.59 Å². The van der Waals surface area contributed by atoms with Crippen LogP contribution in [0.2, 0.25) is 5.02 Å². The van der Waals surface area contributed by atoms with Crippen LogP contribution in [0.15, 0.2) is 41.1 Å². The monoisotopic (exact) mass is 322 g/mol. The first kappa shape index (κ1) is 15.5. The van der Waals surface area contributed by atoms with Gasteiger partial charge in [-0.05, 0) is 40.4 Å². The van der Waals surface area contributed by atoms with Crippen molar-refractivity contribution in [2.75, 3.05) is 6.54 Å². The fraction of sp³-hybridized carbons (Fsp3) is 0.200. The van der Waals surface area contributed by atoms with E-state index in [1.807, 2.05) is 29.0 Å². The zero-order chi connectivity index (χ0) is 15.1. The summed E-state index contributed by atoms with van der Waals surface area (Å²) in [5, 5.41) is 9.70. The molecule has 1 aromatic carbocycles. The molecule has 4 nitrogen and oxygen atoms in total. The smallest absolute Gasteiger partial charge is 0.309 e. The van der Waals surface area contributed by atoms with Gasteiger partial charge in [-0.2, -0.15) is 11.3 Å². The third kappa shape index (κ3) is 4.88. The maximum Gasteiger partial charge on any atom is 0.309 e. The number of nitrogens with one attached hydrogen (secondary N) is 2. The van der Waals surface area contributed by atoms with Crippen molar-refractivity contribution in [1.82, 2.24) is 10.6 Å². The molecule has 0 bridgehead atoms. The van der Waals surface area contributed by atoms with Gasteiger partial charge in [-0.1, -0.05) is 29.8 Å². The SMILES string of the molecule is O=C(NCCc1ccsc1)C(=O)NCc1ccccc1Cl. The van der Waals surface area contributed by atoms with Crippen LogP contribution >= 0.6 is 22.9 Å². The Morgan fingerprint density at radius 3 is 2.57 bits per heavy atom. The molecule has 110 valence electrons. The van der Waals surface area contributed by atoms with Crippen molar-refractivity contribution in [2.24, 2.45) is 0 Å². The van der Waals surface area contributed by atoms with Gasteiger partial charge in [0.2, 0.25) is 0 Å². The molecule has 0 spiro atoms. The van der Waals surface area contributed by atoms with Crippen LogP contribution in [-0.4, -0.2) is 18.4 Å². The Hall–Kier alpha value is -1.85. The van der Waals surface area contributed by atoms with Crippen LogP contribution in [0.25, 0.3) is 0 Å². The number of rotatable bonds is 5. The molecular weight excluding hydrogens is 308 g/mol. The number of carbonyl (C=O) groups is 2. The molecule has 1 heterocycles. The van der Waals surface area contributed by atoms with E-state index in [4.69, 9.17) is 11.6 Å². The Kier molecular flexibility index (Phi) is 5.78. The zero-order valence-electron chi connectivity index (χ0n) is 11.3. The van der Waals surface area contributed by atoms with Crippen LogP contribution in [0.4, 0.5) is 0 Å². The van der Waals surface area contributed by atoms with Crippen molar-refractivity contribution in [3.05, 3.63) is 57.2 Å². The fourth-order valence-corrected chi connectivity index (χ4v) is 2.64. The van der Waals surface area contributed by atoms with Gasteiger partial charge < -0.3 is 10.6 Å². The summed E-state index contributed by atoms with van der Waals surface area (Å²) in [5.74, 6) is -1.28. The molecule has 2 amide bonds. The molecule has 0 fully saturated rings. The van der Waals surface area contributed by atoms with Crippen LogP contribution in [0.1, 0.15) is 11.1 Å². The number of thiophene rings is 1. The van der Waals surface area contributed by atoms with Crippen LogP contribution in [0.3, 0.4) is 0 Å². The molecule has 2 aromatic rings. The summed E-state index contributed by atoms with van der Waals surface area (Å²) >= 11 is 7.58. The highest BCUT2D eigenvalue weighted by atomic mass is 35.5. The summed E-state index contributed by atoms with van der Waals surface area (Å²) in [7, 11) is 0. The Balaban J connectivity index is 1.72. The maximum absolute atomic E-state index is 11.7. The number of hydrogen-bond donors (Lipinski definition) is 2. The Morgan fingerprint density at radius 2 is 1.86 bits per heavy atom. The molecular formula is C15H15ClN2O2S. The first-order valence-corrected chi connectivity index (χ1v) is 7.79. The minimum atomic E-state index is -0.653. The van der Waals surface area contributed by atoms with Gasteiger partial charge in [0.1, 0.15) is 0 Å². The van der Waals surface area contributed by atoms with Gasteiger partial charge in [0, 0.05) is 18.1 Å². The van der Waals surface area contributed by atoms with E-state index in [0.29, 0.717) is 18.0 Å². The van der Waals surface area contributed by atoms with Crippen molar-refractivity contribution in [1.29, 1.82) is 0 Å². The molecule has 0 saturated carbocycles. The molecule has 6 heteroatoms. The van der Waals surface area contributed by atoms with Crippen molar-refractivity contribution >= 4 is 34.8 Å². The molecule has 0 unspecified atom stereocenters. The molecule has 2 N–H and O–H groups in total. The number of amides is 2. The molecule has 21 heavy (non-hydrogen) atoms. The second-order valence-corrected chi connectivity index (χ2v) is 5.60. The lowest BCUT2D eigenvalue weighted by molar-refractivity contribution is -0.139. The molecule has 0 aliphatic rings. The van der Waals surface area contributed by atoms with Gasteiger partial charge in [0.25, 0.3) is 0 Å². The number of carbonyl (C=O) groups excluding carboxylic acids is 2. The summed E-state index contributed by atoms with van der Waals surface area (Å²) in [6, 6.07) is 9.18. The lowest BCUT2D eigenvalue weighted by Gasteiger charge is -2.07. The average Bonchev–Trinajstić information content (AvgIpc) is 2.99. The molecule has 0 saturated heterocycles. The van der Waals surface area contributed by atoms with Crippen LogP contribution in [0, 0.1) is 0 Å². The normalized spacial score (nSPS) is 10.1. The molecule has 0 atom stereocenters. The second kappa shape index (κ2) is 7.81. The third-order valence-electron chi connectivity index (χ3n) is 2.88. The van der Waals surface area contributed by atoms with E-state index in [9.17, 15) is 9.59 Å². The zero-order valence-corrected chi connectivity index (χ0v) is 12.8. The summed E-state index contributed by atoms with van der Waals surface area (Å²) < 4.78 is 0. The summed E-state index contributed by atoms with van der Waals surface area (Å²) in [4.78, 5) is 23.3. The summed E-state index contributed by atoms with van der Waals surface area (Å²) in [5.41, 5.74) is 1.93. The van der Waals surface area contributed by atoms with Gasteiger partial charge in [0.15, 0.2) is 0 Å². The van der Waals surface area contributed by atoms with Crippen molar-refractivity contribution in [2.45, 2.75) is 13.0 Å². The highest BCUT2D eigenvalue weighted by molar-refractivity contribution is 7.07. The number of hydrogen-bond acceptors (Lipinski definition) is 3. The molecule has 2 rings (SSSR count). The lowest BCUT2D eigenvalue weighted by atomic mass is 10.2. The van der Waals surface area contributed by atoms with Gasteiger partial charge in [0.05, 0.1) is 0 Å². The first-order chi connectivity index (χ1) is 10.2. The Labute approximate surface area is 132 Å². The van der Waals surface area contributed by atoms with Gasteiger partial charge in [-0.25, -0.2) is 0 Å². The fourth-order valence-electron chi connectivity index (χ4n) is 1.73.